The molecule has 1 aromatic heterocycles. The Labute approximate surface area is 92.8 Å². The second-order valence-corrected chi connectivity index (χ2v) is 5.32. The van der Waals surface area contributed by atoms with Gasteiger partial charge < -0.3 is 5.73 Å². The van der Waals surface area contributed by atoms with E-state index in [-0.39, 0.29) is 5.54 Å². The minimum atomic E-state index is 0.114. The van der Waals surface area contributed by atoms with E-state index in [9.17, 15) is 0 Å². The molecule has 1 unspecified atom stereocenters. The summed E-state index contributed by atoms with van der Waals surface area (Å²) in [5.74, 6) is 0.476. The van der Waals surface area contributed by atoms with Crippen LogP contribution in [0.1, 0.15) is 37.8 Å². The van der Waals surface area contributed by atoms with Gasteiger partial charge in [0.15, 0.2) is 0 Å². The Kier molecular flexibility index (Phi) is 2.43. The highest BCUT2D eigenvalue weighted by molar-refractivity contribution is 9.10. The summed E-state index contributed by atoms with van der Waals surface area (Å²) in [7, 11) is 1.98. The predicted octanol–water partition coefficient (Wildman–Crippen LogP) is 2.17. The number of nitrogens with zero attached hydrogens (tertiary/aromatic N) is 2. The van der Waals surface area contributed by atoms with Gasteiger partial charge in [0.1, 0.15) is 0 Å². The van der Waals surface area contributed by atoms with E-state index in [2.05, 4.69) is 28.0 Å². The lowest BCUT2D eigenvalue weighted by Crippen LogP contribution is -2.24. The lowest BCUT2D eigenvalue weighted by molar-refractivity contribution is 0.513. The van der Waals surface area contributed by atoms with Gasteiger partial charge in [-0.1, -0.05) is 6.92 Å². The normalized spacial score (nSPS) is 20.9. The van der Waals surface area contributed by atoms with Crippen molar-refractivity contribution in [2.24, 2.45) is 12.8 Å². The van der Waals surface area contributed by atoms with E-state index in [1.54, 1.807) is 0 Å². The van der Waals surface area contributed by atoms with Crippen LogP contribution in [0.15, 0.2) is 10.7 Å². The largest absolute Gasteiger partial charge is 0.325 e. The van der Waals surface area contributed by atoms with Crippen LogP contribution in [-0.2, 0) is 7.05 Å². The number of nitrogens with two attached hydrogens (primary N) is 1. The lowest BCUT2D eigenvalue weighted by Gasteiger charge is -2.16. The van der Waals surface area contributed by atoms with Gasteiger partial charge in [0.25, 0.3) is 0 Å². The molecule has 0 aliphatic heterocycles. The molecule has 4 heteroatoms. The lowest BCUT2D eigenvalue weighted by atomic mass is 9.97. The van der Waals surface area contributed by atoms with Crippen molar-refractivity contribution in [3.8, 4) is 0 Å². The van der Waals surface area contributed by atoms with E-state index in [1.165, 1.54) is 18.5 Å². The summed E-state index contributed by atoms with van der Waals surface area (Å²) >= 11 is 3.52. The van der Waals surface area contributed by atoms with Crippen LogP contribution in [0.2, 0.25) is 0 Å². The third-order valence-electron chi connectivity index (χ3n) is 3.01. The maximum atomic E-state index is 6.11. The van der Waals surface area contributed by atoms with E-state index < -0.39 is 0 Å². The molecular formula is C10H16BrN3. The Morgan fingerprint density at radius 2 is 2.36 bits per heavy atom. The number of rotatable bonds is 3. The first kappa shape index (κ1) is 10.2. The predicted molar refractivity (Wildman–Crippen MR) is 60.1 cm³/mol. The van der Waals surface area contributed by atoms with Crippen LogP contribution in [0.25, 0.3) is 0 Å². The summed E-state index contributed by atoms with van der Waals surface area (Å²) in [6.45, 7) is 2.22. The number of aryl methyl sites for hydroxylation is 1. The minimum absolute atomic E-state index is 0.114. The zero-order valence-electron chi connectivity index (χ0n) is 8.63. The topological polar surface area (TPSA) is 43.8 Å². The molecule has 0 amide bonds. The monoisotopic (exact) mass is 257 g/mol. The van der Waals surface area contributed by atoms with Crippen molar-refractivity contribution < 1.29 is 0 Å². The molecule has 2 N–H and O–H groups in total. The standard InChI is InChI=1S/C10H16BrN3/c1-7(5-10(12)3-4-10)9-8(11)6-13-14(9)2/h6-7H,3-5,12H2,1-2H3. The van der Waals surface area contributed by atoms with Crippen LogP contribution in [0, 0.1) is 0 Å². The quantitative estimate of drug-likeness (QED) is 0.902. The molecule has 3 nitrogen and oxygen atoms in total. The van der Waals surface area contributed by atoms with Gasteiger partial charge in [0.2, 0.25) is 0 Å². The van der Waals surface area contributed by atoms with E-state index >= 15 is 0 Å². The van der Waals surface area contributed by atoms with Gasteiger partial charge in [-0.2, -0.15) is 5.10 Å². The van der Waals surface area contributed by atoms with Crippen molar-refractivity contribution in [3.63, 3.8) is 0 Å². The smallest absolute Gasteiger partial charge is 0.0635 e. The Morgan fingerprint density at radius 1 is 1.71 bits per heavy atom. The third kappa shape index (κ3) is 1.86. The summed E-state index contributed by atoms with van der Waals surface area (Å²) in [6, 6.07) is 0. The van der Waals surface area contributed by atoms with E-state index in [4.69, 9.17) is 5.73 Å². The van der Waals surface area contributed by atoms with E-state index in [1.807, 2.05) is 17.9 Å². The van der Waals surface area contributed by atoms with Gasteiger partial charge in [-0.3, -0.25) is 4.68 Å². The summed E-state index contributed by atoms with van der Waals surface area (Å²) in [6.07, 6.45) is 5.26. The van der Waals surface area contributed by atoms with Gasteiger partial charge in [0.05, 0.1) is 16.4 Å². The highest BCUT2D eigenvalue weighted by atomic mass is 79.9. The molecule has 1 aliphatic carbocycles. The second kappa shape index (κ2) is 3.35. The van der Waals surface area contributed by atoms with E-state index in [0.29, 0.717) is 5.92 Å². The van der Waals surface area contributed by atoms with Crippen LogP contribution < -0.4 is 5.73 Å². The minimum Gasteiger partial charge on any atom is -0.325 e. The first-order chi connectivity index (χ1) is 6.52. The van der Waals surface area contributed by atoms with Crippen molar-refractivity contribution in [1.29, 1.82) is 0 Å². The van der Waals surface area contributed by atoms with Gasteiger partial charge in [0, 0.05) is 18.5 Å². The molecule has 0 spiro atoms. The van der Waals surface area contributed by atoms with E-state index in [0.717, 1.165) is 10.9 Å². The fourth-order valence-corrected chi connectivity index (χ4v) is 2.78. The van der Waals surface area contributed by atoms with Gasteiger partial charge in [-0.05, 0) is 35.2 Å². The summed E-state index contributed by atoms with van der Waals surface area (Å²) in [5, 5.41) is 4.22. The fraction of sp³-hybridized carbons (Fsp3) is 0.700. The van der Waals surface area contributed by atoms with Crippen molar-refractivity contribution in [2.75, 3.05) is 0 Å². The Balaban J connectivity index is 2.14. The maximum absolute atomic E-state index is 6.11. The van der Waals surface area contributed by atoms with Gasteiger partial charge in [-0.25, -0.2) is 0 Å². The molecular weight excluding hydrogens is 242 g/mol. The SMILES string of the molecule is CC(CC1(N)CC1)c1c(Br)cnn1C. The number of aromatic nitrogens is 2. The van der Waals surface area contributed by atoms with Crippen LogP contribution in [-0.4, -0.2) is 15.3 Å². The zero-order chi connectivity index (χ0) is 10.3. The van der Waals surface area contributed by atoms with Crippen molar-refractivity contribution in [1.82, 2.24) is 9.78 Å². The molecule has 1 heterocycles. The zero-order valence-corrected chi connectivity index (χ0v) is 10.2. The van der Waals surface area contributed by atoms with Crippen LogP contribution >= 0.6 is 15.9 Å². The number of halogens is 1. The summed E-state index contributed by atoms with van der Waals surface area (Å²) in [4.78, 5) is 0. The van der Waals surface area contributed by atoms with Gasteiger partial charge >= 0.3 is 0 Å². The molecule has 0 aromatic carbocycles. The molecule has 1 aromatic rings. The van der Waals surface area contributed by atoms with Crippen molar-refractivity contribution >= 4 is 15.9 Å². The molecule has 78 valence electrons. The molecule has 0 saturated heterocycles. The average Bonchev–Trinajstić information content (AvgIpc) is 2.70. The Hall–Kier alpha value is -0.350. The van der Waals surface area contributed by atoms with Crippen LogP contribution in [0.5, 0.6) is 0 Å². The summed E-state index contributed by atoms with van der Waals surface area (Å²) in [5.41, 5.74) is 7.47. The molecule has 0 bridgehead atoms. The third-order valence-corrected chi connectivity index (χ3v) is 3.62. The highest BCUT2D eigenvalue weighted by Gasteiger charge is 2.40. The molecule has 1 atom stereocenters. The molecule has 1 fully saturated rings. The maximum Gasteiger partial charge on any atom is 0.0635 e. The number of hydrogen-bond acceptors (Lipinski definition) is 2. The molecule has 14 heavy (non-hydrogen) atoms. The first-order valence-electron chi connectivity index (χ1n) is 4.98. The van der Waals surface area contributed by atoms with Crippen LogP contribution in [0.3, 0.4) is 0 Å². The summed E-state index contributed by atoms with van der Waals surface area (Å²) < 4.78 is 3.03. The second-order valence-electron chi connectivity index (χ2n) is 4.47. The Morgan fingerprint density at radius 3 is 2.79 bits per heavy atom. The van der Waals surface area contributed by atoms with Crippen molar-refractivity contribution in [2.45, 2.75) is 37.6 Å². The number of hydrogen-bond donors (Lipinski definition) is 1. The van der Waals surface area contributed by atoms with Crippen molar-refractivity contribution in [3.05, 3.63) is 16.4 Å². The van der Waals surface area contributed by atoms with Gasteiger partial charge in [-0.15, -0.1) is 0 Å². The first-order valence-corrected chi connectivity index (χ1v) is 5.77. The fourth-order valence-electron chi connectivity index (χ4n) is 2.05. The molecule has 2 rings (SSSR count). The molecule has 1 saturated carbocycles. The van der Waals surface area contributed by atoms with Crippen LogP contribution in [0.4, 0.5) is 0 Å². The molecule has 0 radical (unpaired) electrons. The average molecular weight is 258 g/mol. The Bertz CT molecular complexity index is 322. The molecule has 1 aliphatic rings. The highest BCUT2D eigenvalue weighted by Crippen LogP contribution is 2.41.